The average Bonchev–Trinajstić information content (AvgIpc) is 3.41. The van der Waals surface area contributed by atoms with E-state index in [1.165, 1.54) is 6.07 Å². The summed E-state index contributed by atoms with van der Waals surface area (Å²) in [4.78, 5) is 13.1. The Hall–Kier alpha value is -3.41. The van der Waals surface area contributed by atoms with E-state index in [0.717, 1.165) is 17.0 Å². The molecule has 0 aliphatic carbocycles. The number of benzene rings is 2. The van der Waals surface area contributed by atoms with Crippen LogP contribution in [0.3, 0.4) is 0 Å². The van der Waals surface area contributed by atoms with Gasteiger partial charge in [-0.15, -0.1) is 11.3 Å². The molecule has 170 valence electrons. The second-order valence-corrected chi connectivity index (χ2v) is 10.4. The maximum atomic E-state index is 13.1. The molecule has 4 rings (SSSR count). The van der Waals surface area contributed by atoms with E-state index in [1.54, 1.807) is 52.1 Å². The number of thiocarbonyl (C=S) groups is 1. The lowest BCUT2D eigenvalue weighted by atomic mass is 10.3. The Balaban J connectivity index is 1.57. The van der Waals surface area contributed by atoms with Crippen molar-refractivity contribution in [3.8, 4) is 5.69 Å². The van der Waals surface area contributed by atoms with Crippen LogP contribution in [0.2, 0.25) is 0 Å². The van der Waals surface area contributed by atoms with Crippen LogP contribution in [-0.2, 0) is 17.1 Å². The summed E-state index contributed by atoms with van der Waals surface area (Å²) in [5.74, 6) is 0. The molecule has 0 aliphatic heterocycles. The zero-order chi connectivity index (χ0) is 23.6. The lowest BCUT2D eigenvalue weighted by molar-refractivity contribution is 0.603. The Morgan fingerprint density at radius 1 is 0.939 bits per heavy atom. The minimum absolute atomic E-state index is 0.156. The Kier molecular flexibility index (Phi) is 6.36. The maximum Gasteiger partial charge on any atom is 0.295 e. The molecule has 0 bridgehead atoms. The summed E-state index contributed by atoms with van der Waals surface area (Å²) in [5, 5.41) is 7.81. The first-order valence-corrected chi connectivity index (χ1v) is 12.6. The number of nitrogens with zero attached hydrogens (tertiary/aromatic N) is 2. The number of anilines is 3. The van der Waals surface area contributed by atoms with Crippen molar-refractivity contribution in [2.45, 2.75) is 11.1 Å². The zero-order valence-corrected chi connectivity index (χ0v) is 20.2. The molecule has 0 radical (unpaired) electrons. The van der Waals surface area contributed by atoms with E-state index < -0.39 is 10.0 Å². The SMILES string of the molecule is Cc1c(NC(=S)Nc2ccccc2NS(=O)(=O)c2cccs2)c(=O)n(-c2ccccc2)n1C. The highest BCUT2D eigenvalue weighted by Crippen LogP contribution is 2.26. The fourth-order valence-corrected chi connectivity index (χ4v) is 5.56. The first-order valence-electron chi connectivity index (χ1n) is 9.85. The van der Waals surface area contributed by atoms with Crippen molar-refractivity contribution in [3.05, 3.63) is 88.2 Å². The van der Waals surface area contributed by atoms with Crippen molar-refractivity contribution < 1.29 is 8.42 Å². The van der Waals surface area contributed by atoms with Crippen LogP contribution in [0.5, 0.6) is 0 Å². The summed E-state index contributed by atoms with van der Waals surface area (Å²) >= 11 is 6.56. The van der Waals surface area contributed by atoms with Crippen LogP contribution in [-0.4, -0.2) is 22.9 Å². The third-order valence-electron chi connectivity index (χ3n) is 4.97. The van der Waals surface area contributed by atoms with E-state index >= 15 is 0 Å². The van der Waals surface area contributed by atoms with Crippen molar-refractivity contribution in [1.82, 2.24) is 9.36 Å². The highest BCUT2D eigenvalue weighted by molar-refractivity contribution is 7.94. The van der Waals surface area contributed by atoms with E-state index in [-0.39, 0.29) is 14.9 Å². The number of aromatic nitrogens is 2. The highest BCUT2D eigenvalue weighted by Gasteiger charge is 2.19. The van der Waals surface area contributed by atoms with E-state index in [0.29, 0.717) is 22.8 Å². The lowest BCUT2D eigenvalue weighted by Gasteiger charge is -2.14. The van der Waals surface area contributed by atoms with Gasteiger partial charge in [-0.3, -0.25) is 14.2 Å². The molecule has 33 heavy (non-hydrogen) atoms. The van der Waals surface area contributed by atoms with Gasteiger partial charge in [-0.05, 0) is 54.9 Å². The first kappa shape index (κ1) is 22.8. The maximum absolute atomic E-state index is 13.1. The van der Waals surface area contributed by atoms with Crippen LogP contribution >= 0.6 is 23.6 Å². The monoisotopic (exact) mass is 499 g/mol. The van der Waals surface area contributed by atoms with Crippen molar-refractivity contribution in [1.29, 1.82) is 0 Å². The summed E-state index contributed by atoms with van der Waals surface area (Å²) < 4.78 is 31.3. The fraction of sp³-hybridized carbons (Fsp3) is 0.0909. The van der Waals surface area contributed by atoms with Gasteiger partial charge in [0.1, 0.15) is 9.90 Å². The van der Waals surface area contributed by atoms with Crippen LogP contribution < -0.4 is 20.9 Å². The summed E-state index contributed by atoms with van der Waals surface area (Å²) in [7, 11) is -1.93. The van der Waals surface area contributed by atoms with Crippen molar-refractivity contribution in [3.63, 3.8) is 0 Å². The van der Waals surface area contributed by atoms with Gasteiger partial charge < -0.3 is 10.6 Å². The summed E-state index contributed by atoms with van der Waals surface area (Å²) in [6, 6.07) is 19.3. The van der Waals surface area contributed by atoms with Crippen LogP contribution in [0.15, 0.2) is 81.1 Å². The molecule has 0 saturated heterocycles. The Bertz CT molecular complexity index is 1460. The molecule has 0 saturated carbocycles. The summed E-state index contributed by atoms with van der Waals surface area (Å²) in [6.45, 7) is 1.81. The molecule has 3 N–H and O–H groups in total. The molecule has 4 aromatic rings. The smallest absolute Gasteiger partial charge is 0.295 e. The Morgan fingerprint density at radius 2 is 1.61 bits per heavy atom. The van der Waals surface area contributed by atoms with Crippen molar-refractivity contribution >= 4 is 55.8 Å². The van der Waals surface area contributed by atoms with Gasteiger partial charge >= 0.3 is 0 Å². The minimum Gasteiger partial charge on any atom is -0.331 e. The third kappa shape index (κ3) is 4.70. The van der Waals surface area contributed by atoms with E-state index in [1.807, 2.05) is 37.3 Å². The van der Waals surface area contributed by atoms with E-state index in [9.17, 15) is 13.2 Å². The highest BCUT2D eigenvalue weighted by atomic mass is 32.2. The molecule has 11 heteroatoms. The standard InChI is InChI=1S/C22H21N5O3S3/c1-15-20(21(28)27(26(15)2)16-9-4-3-5-10-16)24-22(31)23-17-11-6-7-12-18(17)25-33(29,30)19-13-8-14-32-19/h3-14,25H,1-2H3,(H2,23,24,31). The topological polar surface area (TPSA) is 97.2 Å². The Labute approximate surface area is 200 Å². The van der Waals surface area contributed by atoms with Gasteiger partial charge in [0.2, 0.25) is 0 Å². The second kappa shape index (κ2) is 9.22. The largest absolute Gasteiger partial charge is 0.331 e. The van der Waals surface area contributed by atoms with Gasteiger partial charge in [-0.1, -0.05) is 36.4 Å². The average molecular weight is 500 g/mol. The molecule has 0 spiro atoms. The fourth-order valence-electron chi connectivity index (χ4n) is 3.27. The normalized spacial score (nSPS) is 11.2. The zero-order valence-electron chi connectivity index (χ0n) is 17.8. The van der Waals surface area contributed by atoms with Crippen LogP contribution in [0, 0.1) is 6.92 Å². The quantitative estimate of drug-likeness (QED) is 0.345. The number of rotatable bonds is 6. The molecular formula is C22H21N5O3S3. The van der Waals surface area contributed by atoms with Crippen molar-refractivity contribution in [2.75, 3.05) is 15.4 Å². The van der Waals surface area contributed by atoms with Gasteiger partial charge in [0.25, 0.3) is 15.6 Å². The minimum atomic E-state index is -3.73. The van der Waals surface area contributed by atoms with Crippen molar-refractivity contribution in [2.24, 2.45) is 7.05 Å². The molecule has 8 nitrogen and oxygen atoms in total. The number of hydrogen-bond donors (Lipinski definition) is 3. The summed E-state index contributed by atoms with van der Waals surface area (Å²) in [5.41, 5.74) is 2.29. The number of nitrogens with one attached hydrogen (secondary N) is 3. The molecule has 2 aromatic carbocycles. The second-order valence-electron chi connectivity index (χ2n) is 7.10. The lowest BCUT2D eigenvalue weighted by Crippen LogP contribution is -2.26. The van der Waals surface area contributed by atoms with Crippen LogP contribution in [0.4, 0.5) is 17.1 Å². The van der Waals surface area contributed by atoms with Gasteiger partial charge in [-0.25, -0.2) is 13.1 Å². The summed E-state index contributed by atoms with van der Waals surface area (Å²) in [6.07, 6.45) is 0. The predicted molar refractivity (Wildman–Crippen MR) is 137 cm³/mol. The number of sulfonamides is 1. The van der Waals surface area contributed by atoms with Gasteiger partial charge in [0, 0.05) is 7.05 Å². The molecule has 0 amide bonds. The van der Waals surface area contributed by atoms with Gasteiger partial charge in [-0.2, -0.15) is 0 Å². The molecule has 2 aromatic heterocycles. The van der Waals surface area contributed by atoms with E-state index in [4.69, 9.17) is 12.2 Å². The first-order chi connectivity index (χ1) is 15.8. The number of hydrogen-bond acceptors (Lipinski definition) is 5. The number of para-hydroxylation sites is 3. The van der Waals surface area contributed by atoms with E-state index in [2.05, 4.69) is 15.4 Å². The number of thiophene rings is 1. The van der Waals surface area contributed by atoms with Crippen LogP contribution in [0.25, 0.3) is 5.69 Å². The van der Waals surface area contributed by atoms with Gasteiger partial charge in [0.05, 0.1) is 22.8 Å². The van der Waals surface area contributed by atoms with Crippen LogP contribution in [0.1, 0.15) is 5.69 Å². The Morgan fingerprint density at radius 3 is 2.27 bits per heavy atom. The third-order valence-corrected chi connectivity index (χ3v) is 7.94. The molecule has 0 fully saturated rings. The predicted octanol–water partition coefficient (Wildman–Crippen LogP) is 4.16. The molecule has 0 atom stereocenters. The molecular weight excluding hydrogens is 478 g/mol. The van der Waals surface area contributed by atoms with Gasteiger partial charge in [0.15, 0.2) is 5.11 Å². The molecule has 0 aliphatic rings. The molecule has 2 heterocycles. The molecule has 0 unspecified atom stereocenters.